The van der Waals surface area contributed by atoms with Crippen LogP contribution in [0.1, 0.15) is 40.0 Å². The molecule has 2 unspecified atom stereocenters. The van der Waals surface area contributed by atoms with Gasteiger partial charge in [-0.3, -0.25) is 5.32 Å². The average Bonchev–Trinajstić information content (AvgIpc) is 2.60. The quantitative estimate of drug-likeness (QED) is 0.851. The minimum Gasteiger partial charge on any atom is -0.321 e. The maximum absolute atomic E-state index is 12.5. The van der Waals surface area contributed by atoms with E-state index in [1.165, 1.54) is 6.42 Å². The molecule has 108 valence electrons. The van der Waals surface area contributed by atoms with Crippen molar-refractivity contribution in [3.8, 4) is 0 Å². The zero-order chi connectivity index (χ0) is 14.4. The van der Waals surface area contributed by atoms with E-state index in [-0.39, 0.29) is 11.4 Å². The summed E-state index contributed by atoms with van der Waals surface area (Å²) < 4.78 is 0. The molecule has 2 amide bonds. The topological polar surface area (TPSA) is 45.2 Å². The van der Waals surface area contributed by atoms with Crippen LogP contribution < -0.4 is 5.32 Å². The van der Waals surface area contributed by atoms with Gasteiger partial charge in [-0.25, -0.2) is 9.78 Å². The van der Waals surface area contributed by atoms with Crippen molar-refractivity contribution in [3.63, 3.8) is 0 Å². The highest BCUT2D eigenvalue weighted by molar-refractivity contribution is 5.88. The number of hydrogen-bond donors (Lipinski definition) is 1. The minimum atomic E-state index is -0.00451. The largest absolute Gasteiger partial charge is 0.323 e. The standard InChI is InChI=1S/C16H23N3O/c1-15(2)8-12-9-16(3,10-15)11-19(12)14(20)18-13-6-4-5-7-17-13/h4-7,12H,8-11H2,1-3H3,(H,17,18,20). The van der Waals surface area contributed by atoms with Crippen LogP contribution in [0.4, 0.5) is 10.6 Å². The lowest BCUT2D eigenvalue weighted by molar-refractivity contribution is 0.130. The summed E-state index contributed by atoms with van der Waals surface area (Å²) in [5.74, 6) is 0.628. The van der Waals surface area contributed by atoms with E-state index in [4.69, 9.17) is 0 Å². The van der Waals surface area contributed by atoms with Crippen LogP contribution in [0.5, 0.6) is 0 Å². The highest BCUT2D eigenvalue weighted by atomic mass is 16.2. The number of nitrogens with one attached hydrogen (secondary N) is 1. The molecule has 0 aromatic carbocycles. The van der Waals surface area contributed by atoms with E-state index in [0.717, 1.165) is 19.4 Å². The molecule has 2 bridgehead atoms. The van der Waals surface area contributed by atoms with Crippen LogP contribution in [0, 0.1) is 10.8 Å². The number of amides is 2. The lowest BCUT2D eigenvalue weighted by atomic mass is 9.65. The molecule has 1 saturated carbocycles. The number of pyridine rings is 1. The number of hydrogen-bond acceptors (Lipinski definition) is 2. The Bertz CT molecular complexity index is 514. The van der Waals surface area contributed by atoms with E-state index in [0.29, 0.717) is 17.3 Å². The van der Waals surface area contributed by atoms with Crippen LogP contribution in [-0.2, 0) is 0 Å². The lowest BCUT2D eigenvalue weighted by Crippen LogP contribution is -2.40. The van der Waals surface area contributed by atoms with Gasteiger partial charge in [0, 0.05) is 18.8 Å². The predicted octanol–water partition coefficient (Wildman–Crippen LogP) is 3.51. The van der Waals surface area contributed by atoms with Gasteiger partial charge in [0.25, 0.3) is 0 Å². The van der Waals surface area contributed by atoms with E-state index in [9.17, 15) is 4.79 Å². The molecule has 1 N–H and O–H groups in total. The van der Waals surface area contributed by atoms with E-state index >= 15 is 0 Å². The molecular formula is C16H23N3O. The molecule has 4 nitrogen and oxygen atoms in total. The van der Waals surface area contributed by atoms with Gasteiger partial charge >= 0.3 is 6.03 Å². The Hall–Kier alpha value is -1.58. The van der Waals surface area contributed by atoms with E-state index in [1.54, 1.807) is 6.20 Å². The fraction of sp³-hybridized carbons (Fsp3) is 0.625. The number of anilines is 1. The van der Waals surface area contributed by atoms with Crippen molar-refractivity contribution in [1.29, 1.82) is 0 Å². The minimum absolute atomic E-state index is 0.00451. The molecule has 2 atom stereocenters. The van der Waals surface area contributed by atoms with Crippen molar-refractivity contribution < 1.29 is 4.79 Å². The van der Waals surface area contributed by atoms with Gasteiger partial charge in [-0.2, -0.15) is 0 Å². The number of fused-ring (bicyclic) bond motifs is 2. The molecule has 1 aromatic rings. The molecule has 3 rings (SSSR count). The number of urea groups is 1. The Balaban J connectivity index is 1.74. The fourth-order valence-electron chi connectivity index (χ4n) is 4.32. The monoisotopic (exact) mass is 273 g/mol. The van der Waals surface area contributed by atoms with Crippen LogP contribution in [0.15, 0.2) is 24.4 Å². The second kappa shape index (κ2) is 4.47. The number of aromatic nitrogens is 1. The summed E-state index contributed by atoms with van der Waals surface area (Å²) in [6, 6.07) is 5.92. The Morgan fingerprint density at radius 1 is 1.35 bits per heavy atom. The first-order valence-electron chi connectivity index (χ1n) is 7.36. The van der Waals surface area contributed by atoms with Crippen molar-refractivity contribution >= 4 is 11.8 Å². The van der Waals surface area contributed by atoms with Gasteiger partial charge in [0.15, 0.2) is 0 Å². The average molecular weight is 273 g/mol. The molecule has 1 aromatic heterocycles. The van der Waals surface area contributed by atoms with Crippen LogP contribution >= 0.6 is 0 Å². The number of carbonyl (C=O) groups excluding carboxylic acids is 1. The first-order valence-corrected chi connectivity index (χ1v) is 7.36. The normalized spacial score (nSPS) is 31.1. The first kappa shape index (κ1) is 13.4. The molecule has 20 heavy (non-hydrogen) atoms. The maximum atomic E-state index is 12.5. The summed E-state index contributed by atoms with van der Waals surface area (Å²) in [4.78, 5) is 18.7. The second-order valence-electron chi connectivity index (χ2n) is 7.49. The Labute approximate surface area is 120 Å². The fourth-order valence-corrected chi connectivity index (χ4v) is 4.32. The molecular weight excluding hydrogens is 250 g/mol. The van der Waals surface area contributed by atoms with Gasteiger partial charge < -0.3 is 4.90 Å². The first-order chi connectivity index (χ1) is 9.37. The van der Waals surface area contributed by atoms with E-state index in [1.807, 2.05) is 23.1 Å². The van der Waals surface area contributed by atoms with E-state index in [2.05, 4.69) is 31.1 Å². The molecule has 2 fully saturated rings. The number of rotatable bonds is 1. The summed E-state index contributed by atoms with van der Waals surface area (Å²) in [5.41, 5.74) is 0.603. The summed E-state index contributed by atoms with van der Waals surface area (Å²) in [7, 11) is 0. The Morgan fingerprint density at radius 2 is 2.15 bits per heavy atom. The molecule has 1 saturated heterocycles. The van der Waals surface area contributed by atoms with Gasteiger partial charge in [0.1, 0.15) is 5.82 Å². The third-order valence-electron chi connectivity index (χ3n) is 4.58. The number of carbonyl (C=O) groups is 1. The molecule has 1 aliphatic heterocycles. The van der Waals surface area contributed by atoms with Crippen LogP contribution in [0.2, 0.25) is 0 Å². The third-order valence-corrected chi connectivity index (χ3v) is 4.58. The Morgan fingerprint density at radius 3 is 2.85 bits per heavy atom. The molecule has 2 aliphatic rings. The Kier molecular flexibility index (Phi) is 3.00. The van der Waals surface area contributed by atoms with E-state index < -0.39 is 0 Å². The lowest BCUT2D eigenvalue weighted by Gasteiger charge is -2.39. The number of likely N-dealkylation sites (tertiary alicyclic amines) is 1. The smallest absolute Gasteiger partial charge is 0.321 e. The van der Waals surface area contributed by atoms with Crippen LogP contribution in [0.3, 0.4) is 0 Å². The van der Waals surface area contributed by atoms with Crippen molar-refractivity contribution in [2.45, 2.75) is 46.1 Å². The summed E-state index contributed by atoms with van der Waals surface area (Å²) in [6.45, 7) is 7.81. The second-order valence-corrected chi connectivity index (χ2v) is 7.49. The van der Waals surface area contributed by atoms with Crippen molar-refractivity contribution in [2.75, 3.05) is 11.9 Å². The molecule has 2 heterocycles. The zero-order valence-electron chi connectivity index (χ0n) is 12.5. The zero-order valence-corrected chi connectivity index (χ0v) is 12.5. The SMILES string of the molecule is CC1(C)CC2CC(C)(CN2C(=O)Nc2ccccn2)C1. The van der Waals surface area contributed by atoms with Gasteiger partial charge in [-0.1, -0.05) is 26.8 Å². The maximum Gasteiger partial charge on any atom is 0.323 e. The third kappa shape index (κ3) is 2.51. The highest BCUT2D eigenvalue weighted by Crippen LogP contribution is 2.52. The predicted molar refractivity (Wildman–Crippen MR) is 79.5 cm³/mol. The van der Waals surface area contributed by atoms with Crippen LogP contribution in [0.25, 0.3) is 0 Å². The van der Waals surface area contributed by atoms with Gasteiger partial charge in [0.05, 0.1) is 0 Å². The molecule has 0 spiro atoms. The number of nitrogens with zero attached hydrogens (tertiary/aromatic N) is 2. The van der Waals surface area contributed by atoms with Crippen LogP contribution in [-0.4, -0.2) is 28.5 Å². The summed E-state index contributed by atoms with van der Waals surface area (Å²) >= 11 is 0. The summed E-state index contributed by atoms with van der Waals surface area (Å²) in [6.07, 6.45) is 5.12. The highest BCUT2D eigenvalue weighted by Gasteiger charge is 2.51. The van der Waals surface area contributed by atoms with Crippen molar-refractivity contribution in [2.24, 2.45) is 10.8 Å². The van der Waals surface area contributed by atoms with Crippen molar-refractivity contribution in [3.05, 3.63) is 24.4 Å². The molecule has 1 aliphatic carbocycles. The van der Waals surface area contributed by atoms with Crippen molar-refractivity contribution in [1.82, 2.24) is 9.88 Å². The van der Waals surface area contributed by atoms with Gasteiger partial charge in [0.2, 0.25) is 0 Å². The molecule has 0 radical (unpaired) electrons. The van der Waals surface area contributed by atoms with Gasteiger partial charge in [-0.05, 0) is 42.2 Å². The summed E-state index contributed by atoms with van der Waals surface area (Å²) in [5, 5.41) is 2.92. The molecule has 4 heteroatoms. The van der Waals surface area contributed by atoms with Gasteiger partial charge in [-0.15, -0.1) is 0 Å².